The van der Waals surface area contributed by atoms with Crippen LogP contribution in [0.1, 0.15) is 52.4 Å². The molecule has 1 aromatic carbocycles. The highest BCUT2D eigenvalue weighted by molar-refractivity contribution is 5.16. The molecule has 0 amide bonds. The van der Waals surface area contributed by atoms with Crippen molar-refractivity contribution in [2.45, 2.75) is 64.1 Å². The van der Waals surface area contributed by atoms with Crippen LogP contribution in [0.2, 0.25) is 0 Å². The molecule has 0 unspecified atom stereocenters. The van der Waals surface area contributed by atoms with Crippen LogP contribution >= 0.6 is 0 Å². The zero-order chi connectivity index (χ0) is 16.9. The van der Waals surface area contributed by atoms with Crippen molar-refractivity contribution >= 4 is 0 Å². The Morgan fingerprint density at radius 3 is 2.26 bits per heavy atom. The molecule has 2 rings (SSSR count). The molecule has 5 nitrogen and oxygen atoms in total. The van der Waals surface area contributed by atoms with E-state index in [2.05, 4.69) is 5.18 Å². The number of benzene rings is 1. The maximum atomic E-state index is 10.8. The van der Waals surface area contributed by atoms with Crippen LogP contribution in [-0.2, 0) is 14.2 Å². The molecule has 1 heterocycles. The second-order valence-electron chi connectivity index (χ2n) is 7.31. The maximum absolute atomic E-state index is 10.8. The van der Waals surface area contributed by atoms with Crippen LogP contribution in [-0.4, -0.2) is 30.5 Å². The Kier molecular flexibility index (Phi) is 5.89. The summed E-state index contributed by atoms with van der Waals surface area (Å²) < 4.78 is 17.7. The Balaban J connectivity index is 1.80. The Hall–Kier alpha value is -1.30. The predicted molar refractivity (Wildman–Crippen MR) is 89.1 cm³/mol. The topological polar surface area (TPSA) is 57.1 Å². The smallest absolute Gasteiger partial charge is 0.184 e. The molecule has 0 N–H and O–H groups in total. The first-order valence-electron chi connectivity index (χ1n) is 8.12. The van der Waals surface area contributed by atoms with E-state index in [1.165, 1.54) is 0 Å². The summed E-state index contributed by atoms with van der Waals surface area (Å²) in [6.07, 6.45) is 1.02. The third-order valence-electron chi connectivity index (χ3n) is 4.01. The average Bonchev–Trinajstić information content (AvgIpc) is 2.55. The van der Waals surface area contributed by atoms with Gasteiger partial charge in [-0.25, -0.2) is 0 Å². The third-order valence-corrected chi connectivity index (χ3v) is 4.01. The molecule has 0 saturated carbocycles. The first kappa shape index (κ1) is 18.0. The van der Waals surface area contributed by atoms with Crippen LogP contribution in [0.4, 0.5) is 0 Å². The molecule has 23 heavy (non-hydrogen) atoms. The fourth-order valence-corrected chi connectivity index (χ4v) is 2.52. The van der Waals surface area contributed by atoms with Gasteiger partial charge in [0.2, 0.25) is 0 Å². The Morgan fingerprint density at radius 1 is 1.09 bits per heavy atom. The molecule has 0 aromatic heterocycles. The van der Waals surface area contributed by atoms with Gasteiger partial charge in [0.05, 0.1) is 24.4 Å². The van der Waals surface area contributed by atoms with Gasteiger partial charge in [0.25, 0.3) is 0 Å². The van der Waals surface area contributed by atoms with E-state index in [4.69, 9.17) is 14.2 Å². The molecular formula is C18H27NO4. The minimum absolute atomic E-state index is 0.0998. The van der Waals surface area contributed by atoms with E-state index < -0.39 is 5.54 Å². The standard InChI is InChI=1S/C18H27NO4/c1-17(2,19-20)10-11-18(3,4)23-15-12-21-16(22-13-15)14-8-6-5-7-9-14/h5-9,15-16H,10-13H2,1-4H3. The molecule has 0 aliphatic carbocycles. The number of ether oxygens (including phenoxy) is 3. The Morgan fingerprint density at radius 2 is 1.70 bits per heavy atom. The van der Waals surface area contributed by atoms with Gasteiger partial charge in [-0.3, -0.25) is 0 Å². The van der Waals surface area contributed by atoms with Gasteiger partial charge in [0.1, 0.15) is 6.10 Å². The molecule has 0 bridgehead atoms. The van der Waals surface area contributed by atoms with Gasteiger partial charge in [-0.15, -0.1) is 0 Å². The zero-order valence-corrected chi connectivity index (χ0v) is 14.5. The highest BCUT2D eigenvalue weighted by Crippen LogP contribution is 2.29. The van der Waals surface area contributed by atoms with Crippen LogP contribution in [0.5, 0.6) is 0 Å². The lowest BCUT2D eigenvalue weighted by Crippen LogP contribution is -2.40. The minimum Gasteiger partial charge on any atom is -0.368 e. The summed E-state index contributed by atoms with van der Waals surface area (Å²) in [5.74, 6) is 0. The first-order valence-corrected chi connectivity index (χ1v) is 8.12. The molecule has 1 aromatic rings. The van der Waals surface area contributed by atoms with Crippen molar-refractivity contribution in [2.24, 2.45) is 5.18 Å². The van der Waals surface area contributed by atoms with Crippen LogP contribution in [0, 0.1) is 4.91 Å². The van der Waals surface area contributed by atoms with E-state index in [1.807, 2.05) is 58.0 Å². The van der Waals surface area contributed by atoms with E-state index in [9.17, 15) is 4.91 Å². The lowest BCUT2D eigenvalue weighted by atomic mass is 9.92. The van der Waals surface area contributed by atoms with Crippen LogP contribution < -0.4 is 0 Å². The molecule has 0 radical (unpaired) electrons. The number of hydrogen-bond acceptors (Lipinski definition) is 5. The average molecular weight is 321 g/mol. The normalized spacial score (nSPS) is 22.8. The van der Waals surface area contributed by atoms with Crippen LogP contribution in [0.3, 0.4) is 0 Å². The quantitative estimate of drug-likeness (QED) is 0.706. The van der Waals surface area contributed by atoms with Gasteiger partial charge < -0.3 is 14.2 Å². The molecule has 1 fully saturated rings. The molecule has 128 valence electrons. The number of hydrogen-bond donors (Lipinski definition) is 0. The lowest BCUT2D eigenvalue weighted by Gasteiger charge is -2.36. The Labute approximate surface area is 138 Å². The van der Waals surface area contributed by atoms with Crippen molar-refractivity contribution in [1.29, 1.82) is 0 Å². The van der Waals surface area contributed by atoms with Crippen LogP contribution in [0.15, 0.2) is 35.5 Å². The second kappa shape index (κ2) is 7.51. The number of nitroso groups, excluding NO2 is 1. The summed E-state index contributed by atoms with van der Waals surface area (Å²) in [4.78, 5) is 10.8. The van der Waals surface area contributed by atoms with Crippen molar-refractivity contribution in [2.75, 3.05) is 13.2 Å². The van der Waals surface area contributed by atoms with Gasteiger partial charge >= 0.3 is 0 Å². The van der Waals surface area contributed by atoms with Crippen molar-refractivity contribution in [1.82, 2.24) is 0 Å². The lowest BCUT2D eigenvalue weighted by molar-refractivity contribution is -0.249. The predicted octanol–water partition coefficient (Wildman–Crippen LogP) is 4.22. The molecule has 1 saturated heterocycles. The highest BCUT2D eigenvalue weighted by Gasteiger charge is 2.31. The second-order valence-corrected chi connectivity index (χ2v) is 7.31. The Bertz CT molecular complexity index is 493. The number of rotatable bonds is 7. The minimum atomic E-state index is -0.557. The summed E-state index contributed by atoms with van der Waals surface area (Å²) in [5.41, 5.74) is 0.112. The van der Waals surface area contributed by atoms with Crippen molar-refractivity contribution in [3.8, 4) is 0 Å². The van der Waals surface area contributed by atoms with Gasteiger partial charge in [0.15, 0.2) is 6.29 Å². The van der Waals surface area contributed by atoms with Gasteiger partial charge in [-0.2, -0.15) is 4.91 Å². The van der Waals surface area contributed by atoms with E-state index in [1.54, 1.807) is 0 Å². The third kappa shape index (κ3) is 5.68. The van der Waals surface area contributed by atoms with Crippen LogP contribution in [0.25, 0.3) is 0 Å². The monoisotopic (exact) mass is 321 g/mol. The molecule has 0 atom stereocenters. The number of nitrogens with zero attached hydrogens (tertiary/aromatic N) is 1. The van der Waals surface area contributed by atoms with E-state index in [0.29, 0.717) is 19.6 Å². The fourth-order valence-electron chi connectivity index (χ4n) is 2.52. The molecular weight excluding hydrogens is 294 g/mol. The van der Waals surface area contributed by atoms with Crippen molar-refractivity contribution < 1.29 is 14.2 Å². The molecule has 1 aliphatic rings. The van der Waals surface area contributed by atoms with Gasteiger partial charge in [-0.05, 0) is 40.5 Å². The van der Waals surface area contributed by atoms with Crippen molar-refractivity contribution in [3.05, 3.63) is 40.8 Å². The maximum Gasteiger partial charge on any atom is 0.184 e. The molecule has 5 heteroatoms. The van der Waals surface area contributed by atoms with Crippen molar-refractivity contribution in [3.63, 3.8) is 0 Å². The van der Waals surface area contributed by atoms with Gasteiger partial charge in [-0.1, -0.05) is 35.5 Å². The summed E-state index contributed by atoms with van der Waals surface area (Å²) in [5, 5.41) is 3.16. The summed E-state index contributed by atoms with van der Waals surface area (Å²) >= 11 is 0. The largest absolute Gasteiger partial charge is 0.368 e. The summed E-state index contributed by atoms with van der Waals surface area (Å²) in [6.45, 7) is 8.73. The zero-order valence-electron chi connectivity index (χ0n) is 14.5. The van der Waals surface area contributed by atoms with Gasteiger partial charge in [0, 0.05) is 5.56 Å². The van der Waals surface area contributed by atoms with E-state index >= 15 is 0 Å². The molecule has 0 spiro atoms. The first-order chi connectivity index (χ1) is 10.8. The van der Waals surface area contributed by atoms with E-state index in [0.717, 1.165) is 12.0 Å². The SMILES string of the molecule is CC(C)(CCC(C)(C)OC1COC(c2ccccc2)OC1)N=O. The fraction of sp³-hybridized carbons (Fsp3) is 0.667. The summed E-state index contributed by atoms with van der Waals surface area (Å²) in [7, 11) is 0. The highest BCUT2D eigenvalue weighted by atomic mass is 16.7. The molecule has 1 aliphatic heterocycles. The van der Waals surface area contributed by atoms with E-state index in [-0.39, 0.29) is 18.0 Å². The summed E-state index contributed by atoms with van der Waals surface area (Å²) in [6, 6.07) is 9.89.